The first-order chi connectivity index (χ1) is 13.6. The molecule has 10 heteroatoms. The Hall–Kier alpha value is -2.07. The summed E-state index contributed by atoms with van der Waals surface area (Å²) in [6.07, 6.45) is 0.160. The highest BCUT2D eigenvalue weighted by molar-refractivity contribution is 7.89. The Morgan fingerprint density at radius 3 is 2.48 bits per heavy atom. The van der Waals surface area contributed by atoms with Crippen LogP contribution in [-0.4, -0.2) is 42.9 Å². The Labute approximate surface area is 172 Å². The van der Waals surface area contributed by atoms with Crippen molar-refractivity contribution in [3.63, 3.8) is 0 Å². The number of rotatable bonds is 4. The number of nitrogens with one attached hydrogen (secondary N) is 1. The minimum absolute atomic E-state index is 0.0233. The summed E-state index contributed by atoms with van der Waals surface area (Å²) in [5.74, 6) is -3.13. The third-order valence-corrected chi connectivity index (χ3v) is 7.05. The van der Waals surface area contributed by atoms with Crippen LogP contribution < -0.4 is 5.32 Å². The molecule has 0 saturated carbocycles. The molecule has 2 N–H and O–H groups in total. The van der Waals surface area contributed by atoms with E-state index in [0.717, 1.165) is 12.1 Å². The van der Waals surface area contributed by atoms with Crippen molar-refractivity contribution in [1.29, 1.82) is 0 Å². The summed E-state index contributed by atoms with van der Waals surface area (Å²) < 4.78 is 54.0. The van der Waals surface area contributed by atoms with Crippen LogP contribution >= 0.6 is 11.6 Å². The van der Waals surface area contributed by atoms with Crippen LogP contribution in [0.5, 0.6) is 0 Å². The zero-order valence-corrected chi connectivity index (χ0v) is 17.0. The second kappa shape index (κ2) is 8.35. The van der Waals surface area contributed by atoms with Crippen molar-refractivity contribution in [1.82, 2.24) is 4.31 Å². The predicted octanol–water partition coefficient (Wildman–Crippen LogP) is 3.32. The second-order valence-electron chi connectivity index (χ2n) is 6.82. The summed E-state index contributed by atoms with van der Waals surface area (Å²) in [7, 11) is -3.85. The largest absolute Gasteiger partial charge is 0.393 e. The van der Waals surface area contributed by atoms with E-state index in [-0.39, 0.29) is 29.2 Å². The molecule has 0 spiro atoms. The van der Waals surface area contributed by atoms with E-state index in [2.05, 4.69) is 5.32 Å². The summed E-state index contributed by atoms with van der Waals surface area (Å²) in [5, 5.41) is 11.5. The zero-order valence-electron chi connectivity index (χ0n) is 15.5. The molecule has 1 saturated heterocycles. The number of piperidine rings is 1. The van der Waals surface area contributed by atoms with Gasteiger partial charge in [0.2, 0.25) is 10.0 Å². The number of benzene rings is 2. The third kappa shape index (κ3) is 4.58. The molecular formula is C19H19ClF2N2O4S. The van der Waals surface area contributed by atoms with Crippen LogP contribution in [0, 0.1) is 18.6 Å². The lowest BCUT2D eigenvalue weighted by molar-refractivity contribution is 0.102. The first-order valence-corrected chi connectivity index (χ1v) is 10.7. The van der Waals surface area contributed by atoms with Crippen LogP contribution in [-0.2, 0) is 10.0 Å². The number of hydrogen-bond donors (Lipinski definition) is 2. The normalized spacial score (nSPS) is 16.0. The monoisotopic (exact) mass is 444 g/mol. The number of aliphatic hydroxyl groups is 1. The average molecular weight is 445 g/mol. The van der Waals surface area contributed by atoms with Gasteiger partial charge in [-0.25, -0.2) is 17.2 Å². The fourth-order valence-corrected chi connectivity index (χ4v) is 5.00. The van der Waals surface area contributed by atoms with Crippen LogP contribution in [0.1, 0.15) is 28.8 Å². The molecule has 0 aliphatic carbocycles. The molecule has 1 aliphatic heterocycles. The number of carbonyl (C=O) groups excluding carboxylic acids is 1. The van der Waals surface area contributed by atoms with Crippen molar-refractivity contribution >= 4 is 33.2 Å². The van der Waals surface area contributed by atoms with E-state index in [4.69, 9.17) is 11.6 Å². The summed E-state index contributed by atoms with van der Waals surface area (Å²) in [6.45, 7) is 1.99. The lowest BCUT2D eigenvalue weighted by Crippen LogP contribution is -2.40. The van der Waals surface area contributed by atoms with Crippen molar-refractivity contribution in [3.05, 3.63) is 58.1 Å². The van der Waals surface area contributed by atoms with Crippen LogP contribution in [0.15, 0.2) is 35.2 Å². The molecule has 1 heterocycles. The van der Waals surface area contributed by atoms with Crippen molar-refractivity contribution in [2.45, 2.75) is 30.8 Å². The number of aliphatic hydroxyl groups excluding tert-OH is 1. The molecule has 1 fully saturated rings. The van der Waals surface area contributed by atoms with Gasteiger partial charge in [0.15, 0.2) is 11.6 Å². The van der Waals surface area contributed by atoms with E-state index in [1.54, 1.807) is 6.92 Å². The number of hydrogen-bond acceptors (Lipinski definition) is 4. The summed E-state index contributed by atoms with van der Waals surface area (Å²) in [4.78, 5) is 12.5. The number of nitrogens with zero attached hydrogens (tertiary/aromatic N) is 1. The van der Waals surface area contributed by atoms with Gasteiger partial charge in [-0.1, -0.05) is 17.7 Å². The Morgan fingerprint density at radius 1 is 1.21 bits per heavy atom. The quantitative estimate of drug-likeness (QED) is 0.708. The van der Waals surface area contributed by atoms with E-state index < -0.39 is 38.7 Å². The van der Waals surface area contributed by atoms with Gasteiger partial charge < -0.3 is 10.4 Å². The molecule has 1 amide bonds. The van der Waals surface area contributed by atoms with Gasteiger partial charge in [0.05, 0.1) is 16.0 Å². The number of aryl methyl sites for hydroxylation is 1. The average Bonchev–Trinajstić information content (AvgIpc) is 2.66. The highest BCUT2D eigenvalue weighted by atomic mass is 35.5. The van der Waals surface area contributed by atoms with Crippen molar-refractivity contribution in [2.24, 2.45) is 0 Å². The summed E-state index contributed by atoms with van der Waals surface area (Å²) in [6, 6.07) is 6.02. The first-order valence-electron chi connectivity index (χ1n) is 8.84. The Morgan fingerprint density at radius 2 is 1.86 bits per heavy atom. The van der Waals surface area contributed by atoms with E-state index in [0.29, 0.717) is 18.4 Å². The lowest BCUT2D eigenvalue weighted by Gasteiger charge is -2.29. The number of anilines is 1. The molecule has 0 radical (unpaired) electrons. The topological polar surface area (TPSA) is 86.7 Å². The van der Waals surface area contributed by atoms with Crippen LogP contribution in [0.3, 0.4) is 0 Å². The van der Waals surface area contributed by atoms with E-state index >= 15 is 0 Å². The highest BCUT2D eigenvalue weighted by Gasteiger charge is 2.30. The Bertz CT molecular complexity index is 1030. The van der Waals surface area contributed by atoms with E-state index in [9.17, 15) is 27.1 Å². The number of amides is 1. The fraction of sp³-hybridized carbons (Fsp3) is 0.316. The minimum atomic E-state index is -3.85. The van der Waals surface area contributed by atoms with Gasteiger partial charge in [-0.2, -0.15) is 4.31 Å². The maximum absolute atomic E-state index is 13.5. The summed E-state index contributed by atoms with van der Waals surface area (Å²) in [5.41, 5.74) is 0.435. The Balaban J connectivity index is 1.87. The summed E-state index contributed by atoms with van der Waals surface area (Å²) >= 11 is 5.58. The molecule has 0 bridgehead atoms. The van der Waals surface area contributed by atoms with Gasteiger partial charge in [0, 0.05) is 30.4 Å². The molecule has 0 unspecified atom stereocenters. The smallest absolute Gasteiger partial charge is 0.255 e. The number of carbonyl (C=O) groups is 1. The molecular weight excluding hydrogens is 426 g/mol. The van der Waals surface area contributed by atoms with Crippen LogP contribution in [0.2, 0.25) is 5.02 Å². The maximum Gasteiger partial charge on any atom is 0.255 e. The fourth-order valence-electron chi connectivity index (χ4n) is 3.07. The van der Waals surface area contributed by atoms with Gasteiger partial charge in [0.25, 0.3) is 5.91 Å². The van der Waals surface area contributed by atoms with Crippen LogP contribution in [0.25, 0.3) is 0 Å². The third-order valence-electron chi connectivity index (χ3n) is 4.73. The number of halogens is 3. The van der Waals surface area contributed by atoms with Gasteiger partial charge in [-0.3, -0.25) is 4.79 Å². The Kier molecular flexibility index (Phi) is 6.23. The van der Waals surface area contributed by atoms with Gasteiger partial charge in [0.1, 0.15) is 0 Å². The standard InChI is InChI=1S/C19H19ClF2N2O4S/c1-11-2-3-12(19(26)23-13-9-15(20)18(22)16(21)10-13)8-17(11)29(27,28)24-6-4-14(25)5-7-24/h2-3,8-10,14,25H,4-7H2,1H3,(H,23,26). The predicted molar refractivity (Wildman–Crippen MR) is 104 cm³/mol. The molecule has 156 valence electrons. The van der Waals surface area contributed by atoms with Crippen molar-refractivity contribution in [3.8, 4) is 0 Å². The lowest BCUT2D eigenvalue weighted by atomic mass is 10.1. The molecule has 29 heavy (non-hydrogen) atoms. The maximum atomic E-state index is 13.5. The SMILES string of the molecule is Cc1ccc(C(=O)Nc2cc(F)c(F)c(Cl)c2)cc1S(=O)(=O)N1CCC(O)CC1. The van der Waals surface area contributed by atoms with Gasteiger partial charge in [-0.15, -0.1) is 0 Å². The van der Waals surface area contributed by atoms with E-state index in [1.807, 2.05) is 0 Å². The van der Waals surface area contributed by atoms with Gasteiger partial charge >= 0.3 is 0 Å². The minimum Gasteiger partial charge on any atom is -0.393 e. The highest BCUT2D eigenvalue weighted by Crippen LogP contribution is 2.26. The molecule has 0 atom stereocenters. The molecule has 2 aromatic rings. The van der Waals surface area contributed by atoms with Crippen molar-refractivity contribution in [2.75, 3.05) is 18.4 Å². The molecule has 2 aromatic carbocycles. The van der Waals surface area contributed by atoms with Gasteiger partial charge in [-0.05, 0) is 43.5 Å². The molecule has 6 nitrogen and oxygen atoms in total. The molecule has 0 aromatic heterocycles. The van der Waals surface area contributed by atoms with Crippen LogP contribution in [0.4, 0.5) is 14.5 Å². The second-order valence-corrected chi connectivity index (χ2v) is 9.14. The first kappa shape index (κ1) is 21.6. The molecule has 1 aliphatic rings. The number of sulfonamides is 1. The zero-order chi connectivity index (χ0) is 21.3. The van der Waals surface area contributed by atoms with E-state index in [1.165, 1.54) is 22.5 Å². The molecule has 3 rings (SSSR count). The van der Waals surface area contributed by atoms with Crippen molar-refractivity contribution < 1.29 is 27.1 Å².